The summed E-state index contributed by atoms with van der Waals surface area (Å²) in [5.41, 5.74) is 0. The summed E-state index contributed by atoms with van der Waals surface area (Å²) in [7, 11) is 1.87. The molecule has 0 radical (unpaired) electrons. The van der Waals surface area contributed by atoms with Gasteiger partial charge < -0.3 is 4.74 Å². The summed E-state index contributed by atoms with van der Waals surface area (Å²) in [4.78, 5) is 0. The second-order valence-corrected chi connectivity index (χ2v) is 2.18. The lowest BCUT2D eigenvalue weighted by atomic mass is 10.3. The molecule has 1 atom stereocenters. The minimum atomic E-state index is 0.454. The van der Waals surface area contributed by atoms with Gasteiger partial charge in [0.2, 0.25) is 0 Å². The topological polar surface area (TPSA) is 38.5 Å². The van der Waals surface area contributed by atoms with Crippen LogP contribution in [0.15, 0.2) is 0 Å². The second-order valence-electron chi connectivity index (χ2n) is 2.18. The van der Waals surface area contributed by atoms with Gasteiger partial charge in [0.1, 0.15) is 0 Å². The highest BCUT2D eigenvalue weighted by Crippen LogP contribution is 2.06. The van der Waals surface area contributed by atoms with Crippen LogP contribution in [-0.2, 0) is 4.74 Å². The quantitative estimate of drug-likeness (QED) is 0.373. The number of nitrogens with zero attached hydrogens (tertiary/aromatic N) is 1. The van der Waals surface area contributed by atoms with E-state index >= 15 is 0 Å². The van der Waals surface area contributed by atoms with Crippen LogP contribution in [0.2, 0.25) is 0 Å². The van der Waals surface area contributed by atoms with Gasteiger partial charge >= 0.3 is 0 Å². The normalized spacial score (nSPS) is 29.6. The molecule has 0 aromatic carbocycles. The van der Waals surface area contributed by atoms with Crippen molar-refractivity contribution in [2.45, 2.75) is 12.5 Å². The van der Waals surface area contributed by atoms with Gasteiger partial charge in [-0.05, 0) is 6.42 Å². The van der Waals surface area contributed by atoms with E-state index in [2.05, 4.69) is 0 Å². The number of hydrogen-bond donors (Lipinski definition) is 1. The third-order valence-electron chi connectivity index (χ3n) is 1.48. The first-order valence-corrected chi connectivity index (χ1v) is 2.86. The summed E-state index contributed by atoms with van der Waals surface area (Å²) in [5, 5.41) is 1.72. The van der Waals surface area contributed by atoms with Crippen molar-refractivity contribution in [2.24, 2.45) is 5.84 Å². The van der Waals surface area contributed by atoms with Gasteiger partial charge in [0.25, 0.3) is 0 Å². The zero-order valence-electron chi connectivity index (χ0n) is 5.13. The van der Waals surface area contributed by atoms with Crippen LogP contribution in [0.1, 0.15) is 6.42 Å². The molecule has 1 saturated heterocycles. The Morgan fingerprint density at radius 3 is 2.75 bits per heavy atom. The van der Waals surface area contributed by atoms with E-state index in [4.69, 9.17) is 10.6 Å². The summed E-state index contributed by atoms with van der Waals surface area (Å²) in [6.07, 6.45) is 1.08. The number of hydrogen-bond acceptors (Lipinski definition) is 3. The summed E-state index contributed by atoms with van der Waals surface area (Å²) in [5.74, 6) is 5.45. The molecular formula is C5H12N2O. The number of hydrazine groups is 1. The van der Waals surface area contributed by atoms with Crippen LogP contribution in [0.3, 0.4) is 0 Å². The van der Waals surface area contributed by atoms with Crippen molar-refractivity contribution in [3.05, 3.63) is 0 Å². The summed E-state index contributed by atoms with van der Waals surface area (Å²) in [6.45, 7) is 1.67. The molecule has 1 aliphatic rings. The van der Waals surface area contributed by atoms with Crippen molar-refractivity contribution in [1.29, 1.82) is 0 Å². The fraction of sp³-hybridized carbons (Fsp3) is 1.00. The molecule has 48 valence electrons. The fourth-order valence-corrected chi connectivity index (χ4v) is 0.843. The van der Waals surface area contributed by atoms with Crippen LogP contribution >= 0.6 is 0 Å². The number of rotatable bonds is 1. The Morgan fingerprint density at radius 1 is 1.75 bits per heavy atom. The van der Waals surface area contributed by atoms with E-state index in [9.17, 15) is 0 Å². The van der Waals surface area contributed by atoms with Gasteiger partial charge in [-0.2, -0.15) is 0 Å². The van der Waals surface area contributed by atoms with Gasteiger partial charge in [0, 0.05) is 19.7 Å². The first kappa shape index (κ1) is 6.01. The molecule has 1 fully saturated rings. The molecule has 0 unspecified atom stereocenters. The van der Waals surface area contributed by atoms with E-state index in [0.29, 0.717) is 6.04 Å². The average Bonchev–Trinajstić information content (AvgIpc) is 2.12. The maximum absolute atomic E-state index is 5.45. The van der Waals surface area contributed by atoms with Crippen molar-refractivity contribution >= 4 is 0 Å². The third-order valence-corrected chi connectivity index (χ3v) is 1.48. The van der Waals surface area contributed by atoms with E-state index in [-0.39, 0.29) is 0 Å². The fourth-order valence-electron chi connectivity index (χ4n) is 0.843. The molecule has 2 N–H and O–H groups in total. The minimum absolute atomic E-state index is 0.454. The molecular weight excluding hydrogens is 104 g/mol. The van der Waals surface area contributed by atoms with Crippen molar-refractivity contribution in [3.8, 4) is 0 Å². The van der Waals surface area contributed by atoms with Gasteiger partial charge in [-0.15, -0.1) is 0 Å². The Labute approximate surface area is 49.4 Å². The Morgan fingerprint density at radius 2 is 2.50 bits per heavy atom. The molecule has 3 heteroatoms. The predicted octanol–water partition coefficient (Wildman–Crippen LogP) is -0.419. The molecule has 0 saturated carbocycles. The smallest absolute Gasteiger partial charge is 0.0636 e. The predicted molar refractivity (Wildman–Crippen MR) is 31.2 cm³/mol. The monoisotopic (exact) mass is 116 g/mol. The summed E-state index contributed by atoms with van der Waals surface area (Å²) >= 11 is 0. The number of ether oxygens (including phenoxy) is 1. The maximum atomic E-state index is 5.45. The SMILES string of the molecule is CN(N)[C@@H]1CCOC1. The molecule has 1 rings (SSSR count). The van der Waals surface area contributed by atoms with Crippen molar-refractivity contribution in [3.63, 3.8) is 0 Å². The first-order chi connectivity index (χ1) is 3.80. The van der Waals surface area contributed by atoms with Gasteiger partial charge in [-0.3, -0.25) is 5.84 Å². The Kier molecular flexibility index (Phi) is 1.83. The zero-order valence-corrected chi connectivity index (χ0v) is 5.13. The largest absolute Gasteiger partial charge is 0.380 e. The lowest BCUT2D eigenvalue weighted by Gasteiger charge is -2.15. The lowest BCUT2D eigenvalue weighted by Crippen LogP contribution is -2.37. The van der Waals surface area contributed by atoms with E-state index in [0.717, 1.165) is 19.6 Å². The van der Waals surface area contributed by atoms with Crippen LogP contribution in [0.5, 0.6) is 0 Å². The van der Waals surface area contributed by atoms with E-state index in [1.807, 2.05) is 7.05 Å². The second kappa shape index (κ2) is 2.44. The van der Waals surface area contributed by atoms with Crippen LogP contribution in [-0.4, -0.2) is 31.3 Å². The Balaban J connectivity index is 2.24. The van der Waals surface area contributed by atoms with Gasteiger partial charge in [-0.1, -0.05) is 0 Å². The molecule has 0 aliphatic carbocycles. The van der Waals surface area contributed by atoms with E-state index in [1.54, 1.807) is 5.01 Å². The highest BCUT2D eigenvalue weighted by molar-refractivity contribution is 4.68. The molecule has 1 aliphatic heterocycles. The van der Waals surface area contributed by atoms with E-state index < -0.39 is 0 Å². The van der Waals surface area contributed by atoms with Gasteiger partial charge in [0.15, 0.2) is 0 Å². The molecule has 0 spiro atoms. The Bertz CT molecular complexity index is 68.8. The van der Waals surface area contributed by atoms with Gasteiger partial charge in [-0.25, -0.2) is 5.01 Å². The standard InChI is InChI=1S/C5H12N2O/c1-7(6)5-2-3-8-4-5/h5H,2-4,6H2,1H3/t5-/m1/s1. The highest BCUT2D eigenvalue weighted by atomic mass is 16.5. The van der Waals surface area contributed by atoms with Crippen LogP contribution < -0.4 is 5.84 Å². The van der Waals surface area contributed by atoms with Crippen molar-refractivity contribution in [2.75, 3.05) is 20.3 Å². The van der Waals surface area contributed by atoms with Crippen LogP contribution in [0, 0.1) is 0 Å². The molecule has 0 aromatic heterocycles. The molecule has 0 aromatic rings. The molecule has 3 nitrogen and oxygen atoms in total. The molecule has 1 heterocycles. The average molecular weight is 116 g/mol. The lowest BCUT2D eigenvalue weighted by molar-refractivity contribution is 0.160. The van der Waals surface area contributed by atoms with Crippen molar-refractivity contribution < 1.29 is 4.74 Å². The zero-order chi connectivity index (χ0) is 5.98. The van der Waals surface area contributed by atoms with Crippen molar-refractivity contribution in [1.82, 2.24) is 5.01 Å². The van der Waals surface area contributed by atoms with E-state index in [1.165, 1.54) is 0 Å². The molecule has 0 amide bonds. The summed E-state index contributed by atoms with van der Waals surface area (Å²) in [6, 6.07) is 0.454. The summed E-state index contributed by atoms with van der Waals surface area (Å²) < 4.78 is 5.10. The van der Waals surface area contributed by atoms with Gasteiger partial charge in [0.05, 0.1) is 6.61 Å². The third kappa shape index (κ3) is 1.18. The molecule has 8 heavy (non-hydrogen) atoms. The maximum Gasteiger partial charge on any atom is 0.0636 e. The number of nitrogens with two attached hydrogens (primary N) is 1. The first-order valence-electron chi connectivity index (χ1n) is 2.86. The van der Waals surface area contributed by atoms with Crippen LogP contribution in [0.25, 0.3) is 0 Å². The Hall–Kier alpha value is -0.120. The highest BCUT2D eigenvalue weighted by Gasteiger charge is 2.16. The van der Waals surface area contributed by atoms with Crippen LogP contribution in [0.4, 0.5) is 0 Å². The molecule has 0 bridgehead atoms. The minimum Gasteiger partial charge on any atom is -0.380 e. The number of likely N-dealkylation sites (N-methyl/N-ethyl adjacent to an activating group) is 1.